The second-order valence-electron chi connectivity index (χ2n) is 10.2. The van der Waals surface area contributed by atoms with Crippen LogP contribution in [0.25, 0.3) is 0 Å². The fourth-order valence-corrected chi connectivity index (χ4v) is 5.84. The van der Waals surface area contributed by atoms with E-state index in [2.05, 4.69) is 11.4 Å². The summed E-state index contributed by atoms with van der Waals surface area (Å²) < 4.78 is 5.97. The summed E-state index contributed by atoms with van der Waals surface area (Å²) in [6.07, 6.45) is 2.42. The number of nitrogens with one attached hydrogen (secondary N) is 1. The molecule has 3 aliphatic heterocycles. The summed E-state index contributed by atoms with van der Waals surface area (Å²) in [6.45, 7) is 1.54. The molecule has 1 atom stereocenters. The minimum Gasteiger partial charge on any atom is -0.493 e. The molecule has 39 heavy (non-hydrogen) atoms. The normalized spacial score (nSPS) is 20.3. The van der Waals surface area contributed by atoms with E-state index in [1.54, 1.807) is 29.2 Å². The molecule has 0 aliphatic carbocycles. The first kappa shape index (κ1) is 26.7. The molecule has 2 aromatic rings. The number of benzene rings is 2. The highest BCUT2D eigenvalue weighted by Crippen LogP contribution is 2.36. The molecule has 2 fully saturated rings. The molecule has 1 unspecified atom stereocenters. The van der Waals surface area contributed by atoms with Gasteiger partial charge in [0.15, 0.2) is 0 Å². The van der Waals surface area contributed by atoms with Gasteiger partial charge in [0, 0.05) is 42.1 Å². The lowest BCUT2D eigenvalue weighted by atomic mass is 9.74. The number of amides is 4. The average Bonchev–Trinajstić information content (AvgIpc) is 3.27. The van der Waals surface area contributed by atoms with Crippen molar-refractivity contribution in [3.63, 3.8) is 0 Å². The molecule has 5 rings (SSSR count). The van der Waals surface area contributed by atoms with Crippen molar-refractivity contribution >= 4 is 35.2 Å². The Balaban J connectivity index is 1.12. The number of likely N-dealkylation sites (tertiary alicyclic amines) is 1. The Morgan fingerprint density at radius 2 is 1.92 bits per heavy atom. The van der Waals surface area contributed by atoms with E-state index in [0.29, 0.717) is 73.7 Å². The maximum atomic E-state index is 13.0. The summed E-state index contributed by atoms with van der Waals surface area (Å²) in [7, 11) is 0. The van der Waals surface area contributed by atoms with Crippen LogP contribution in [0.4, 0.5) is 0 Å². The van der Waals surface area contributed by atoms with E-state index in [1.807, 2.05) is 18.2 Å². The highest BCUT2D eigenvalue weighted by molar-refractivity contribution is 6.30. The zero-order valence-corrected chi connectivity index (χ0v) is 22.2. The van der Waals surface area contributed by atoms with Gasteiger partial charge in [-0.2, -0.15) is 5.26 Å². The third-order valence-electron chi connectivity index (χ3n) is 7.89. The molecule has 2 aromatic carbocycles. The number of fused-ring (bicyclic) bond motifs is 1. The molecule has 202 valence electrons. The van der Waals surface area contributed by atoms with E-state index >= 15 is 0 Å². The van der Waals surface area contributed by atoms with Crippen LogP contribution in [0.5, 0.6) is 5.75 Å². The van der Waals surface area contributed by atoms with Gasteiger partial charge in [-0.05, 0) is 55.5 Å². The standard InChI is InChI=1S/C29H29ClN4O5/c30-20-5-1-4-19(16-20)29(18-31)11-13-33(14-12-29)26(36)8-3-15-39-24-7-2-6-21-22(24)17-34(28(21)38)23-9-10-25(35)32-27(23)37/h1-2,4-7,16,23H,3,8-15,17H2,(H,32,35,37). The smallest absolute Gasteiger partial charge is 0.255 e. The van der Waals surface area contributed by atoms with Crippen LogP contribution in [-0.2, 0) is 26.3 Å². The summed E-state index contributed by atoms with van der Waals surface area (Å²) in [5, 5.41) is 12.8. The van der Waals surface area contributed by atoms with Gasteiger partial charge in [0.1, 0.15) is 11.8 Å². The predicted octanol–water partition coefficient (Wildman–Crippen LogP) is 3.34. The van der Waals surface area contributed by atoms with Gasteiger partial charge in [-0.3, -0.25) is 24.5 Å². The molecule has 4 amide bonds. The number of halogens is 1. The number of carbonyl (C=O) groups excluding carboxylic acids is 4. The number of nitriles is 1. The van der Waals surface area contributed by atoms with E-state index in [0.717, 1.165) is 5.56 Å². The second-order valence-corrected chi connectivity index (χ2v) is 10.7. The summed E-state index contributed by atoms with van der Waals surface area (Å²) >= 11 is 6.14. The maximum Gasteiger partial charge on any atom is 0.255 e. The van der Waals surface area contributed by atoms with Crippen molar-refractivity contribution in [2.24, 2.45) is 0 Å². The lowest BCUT2D eigenvalue weighted by molar-refractivity contribution is -0.137. The molecular weight excluding hydrogens is 520 g/mol. The number of ether oxygens (including phenoxy) is 1. The predicted molar refractivity (Wildman–Crippen MR) is 142 cm³/mol. The largest absolute Gasteiger partial charge is 0.493 e. The fraction of sp³-hybridized carbons (Fsp3) is 0.414. The number of carbonyl (C=O) groups is 4. The minimum absolute atomic E-state index is 0.0220. The lowest BCUT2D eigenvalue weighted by Gasteiger charge is -2.37. The van der Waals surface area contributed by atoms with Crippen LogP contribution in [0.15, 0.2) is 42.5 Å². The monoisotopic (exact) mass is 548 g/mol. The van der Waals surface area contributed by atoms with Crippen LogP contribution in [-0.4, -0.2) is 59.2 Å². The van der Waals surface area contributed by atoms with E-state index in [9.17, 15) is 24.4 Å². The van der Waals surface area contributed by atoms with Crippen molar-refractivity contribution < 1.29 is 23.9 Å². The third-order valence-corrected chi connectivity index (χ3v) is 8.13. The summed E-state index contributed by atoms with van der Waals surface area (Å²) in [4.78, 5) is 52.9. The fourth-order valence-electron chi connectivity index (χ4n) is 5.65. The Bertz CT molecular complexity index is 1360. The molecular formula is C29H29ClN4O5. The number of hydrogen-bond acceptors (Lipinski definition) is 6. The SMILES string of the molecule is N#CC1(c2cccc(Cl)c2)CCN(C(=O)CCCOc2cccc3c2CN(C2CCC(=O)NC2=O)C3=O)CC1. The van der Waals surface area contributed by atoms with Crippen molar-refractivity contribution in [3.05, 3.63) is 64.2 Å². The van der Waals surface area contributed by atoms with E-state index in [-0.39, 0.29) is 30.7 Å². The first-order valence-electron chi connectivity index (χ1n) is 13.2. The van der Waals surface area contributed by atoms with Crippen LogP contribution in [0.3, 0.4) is 0 Å². The Hall–Kier alpha value is -3.90. The molecule has 0 radical (unpaired) electrons. The summed E-state index contributed by atoms with van der Waals surface area (Å²) in [5.74, 6) is -0.453. The van der Waals surface area contributed by atoms with Crippen molar-refractivity contribution in [2.45, 2.75) is 56.5 Å². The lowest BCUT2D eigenvalue weighted by Crippen LogP contribution is -2.52. The average molecular weight is 549 g/mol. The summed E-state index contributed by atoms with van der Waals surface area (Å²) in [6, 6.07) is 14.4. The van der Waals surface area contributed by atoms with Crippen LogP contribution in [0.1, 0.15) is 60.0 Å². The number of piperidine rings is 2. The van der Waals surface area contributed by atoms with E-state index in [4.69, 9.17) is 16.3 Å². The van der Waals surface area contributed by atoms with Gasteiger partial charge in [-0.1, -0.05) is 29.8 Å². The molecule has 9 nitrogen and oxygen atoms in total. The van der Waals surface area contributed by atoms with Crippen molar-refractivity contribution in [1.29, 1.82) is 5.26 Å². The van der Waals surface area contributed by atoms with Crippen molar-refractivity contribution in [2.75, 3.05) is 19.7 Å². The molecule has 0 spiro atoms. The van der Waals surface area contributed by atoms with E-state index in [1.165, 1.54) is 4.90 Å². The Labute approximate surface area is 231 Å². The number of nitrogens with zero attached hydrogens (tertiary/aromatic N) is 3. The molecule has 0 aromatic heterocycles. The van der Waals surface area contributed by atoms with Gasteiger partial charge < -0.3 is 14.5 Å². The topological polar surface area (TPSA) is 120 Å². The first-order valence-corrected chi connectivity index (χ1v) is 13.5. The molecule has 1 N–H and O–H groups in total. The molecule has 3 heterocycles. The molecule has 0 saturated carbocycles. The van der Waals surface area contributed by atoms with Crippen LogP contribution in [0.2, 0.25) is 5.02 Å². The molecule has 10 heteroatoms. The molecule has 3 aliphatic rings. The number of rotatable bonds is 7. The number of imide groups is 1. The van der Waals surface area contributed by atoms with Crippen LogP contribution in [0, 0.1) is 11.3 Å². The van der Waals surface area contributed by atoms with Gasteiger partial charge in [0.2, 0.25) is 17.7 Å². The maximum absolute atomic E-state index is 13.0. The zero-order chi connectivity index (χ0) is 27.6. The Kier molecular flexibility index (Phi) is 7.58. The van der Waals surface area contributed by atoms with Crippen molar-refractivity contribution in [1.82, 2.24) is 15.1 Å². The van der Waals surface area contributed by atoms with Gasteiger partial charge >= 0.3 is 0 Å². The van der Waals surface area contributed by atoms with Crippen LogP contribution >= 0.6 is 11.6 Å². The quantitative estimate of drug-likeness (QED) is 0.418. The minimum atomic E-state index is -0.684. The van der Waals surface area contributed by atoms with Gasteiger partial charge in [0.25, 0.3) is 5.91 Å². The van der Waals surface area contributed by atoms with Crippen molar-refractivity contribution in [3.8, 4) is 11.8 Å². The molecule has 2 saturated heterocycles. The van der Waals surface area contributed by atoms with E-state index < -0.39 is 17.4 Å². The first-order chi connectivity index (χ1) is 18.8. The zero-order valence-electron chi connectivity index (χ0n) is 21.5. The molecule has 0 bridgehead atoms. The number of hydrogen-bond donors (Lipinski definition) is 1. The third kappa shape index (κ3) is 5.34. The Morgan fingerprint density at radius 1 is 1.15 bits per heavy atom. The Morgan fingerprint density at radius 3 is 2.64 bits per heavy atom. The van der Waals surface area contributed by atoms with Gasteiger partial charge in [-0.25, -0.2) is 0 Å². The summed E-state index contributed by atoms with van der Waals surface area (Å²) in [5.41, 5.74) is 1.45. The second kappa shape index (κ2) is 11.1. The van der Waals surface area contributed by atoms with Gasteiger partial charge in [-0.15, -0.1) is 0 Å². The highest BCUT2D eigenvalue weighted by Gasteiger charge is 2.40. The highest BCUT2D eigenvalue weighted by atomic mass is 35.5. The van der Waals surface area contributed by atoms with Gasteiger partial charge in [0.05, 0.1) is 24.6 Å². The van der Waals surface area contributed by atoms with Crippen LogP contribution < -0.4 is 10.1 Å².